The van der Waals surface area contributed by atoms with Crippen molar-refractivity contribution in [3.8, 4) is 0 Å². The van der Waals surface area contributed by atoms with E-state index in [9.17, 15) is 9.90 Å². The van der Waals surface area contributed by atoms with Gasteiger partial charge in [0.25, 0.3) is 0 Å². The second kappa shape index (κ2) is 12.5. The lowest BCUT2D eigenvalue weighted by atomic mass is 9.82. The van der Waals surface area contributed by atoms with Crippen molar-refractivity contribution in [3.63, 3.8) is 0 Å². The number of ketones is 1. The fourth-order valence-electron chi connectivity index (χ4n) is 3.21. The van der Waals surface area contributed by atoms with Crippen LogP contribution in [0.2, 0.25) is 0 Å². The molecule has 0 saturated carbocycles. The number of allylic oxidation sites excluding steroid dienone is 4. The quantitative estimate of drug-likeness (QED) is 0.457. The Balaban J connectivity index is 4.68. The summed E-state index contributed by atoms with van der Waals surface area (Å²) < 4.78 is 0. The van der Waals surface area contributed by atoms with Gasteiger partial charge in [-0.05, 0) is 51.4 Å². The van der Waals surface area contributed by atoms with Gasteiger partial charge in [-0.25, -0.2) is 0 Å². The molecule has 0 aromatic rings. The molecule has 3 atom stereocenters. The summed E-state index contributed by atoms with van der Waals surface area (Å²) in [7, 11) is 0. The molecule has 0 rings (SSSR count). The van der Waals surface area contributed by atoms with Gasteiger partial charge < -0.3 is 5.11 Å². The number of Topliss-reactive ketones (excluding diaryl/α,β-unsaturated/α-hetero) is 1. The fourth-order valence-corrected chi connectivity index (χ4v) is 3.21. The van der Waals surface area contributed by atoms with Crippen LogP contribution in [0, 0.1) is 11.8 Å². The van der Waals surface area contributed by atoms with Gasteiger partial charge in [-0.2, -0.15) is 0 Å². The van der Waals surface area contributed by atoms with Gasteiger partial charge in [-0.1, -0.05) is 57.9 Å². The molecule has 2 heteroatoms. The Hall–Kier alpha value is -0.890. The van der Waals surface area contributed by atoms with Crippen molar-refractivity contribution in [2.75, 3.05) is 0 Å². The number of aliphatic hydroxyl groups is 1. The van der Waals surface area contributed by atoms with E-state index in [0.717, 1.165) is 38.5 Å². The minimum absolute atomic E-state index is 0.133. The fraction of sp³-hybridized carbons (Fsp3) is 0.762. The summed E-state index contributed by atoms with van der Waals surface area (Å²) in [4.78, 5) is 12.0. The molecular formula is C21H38O2. The minimum Gasteiger partial charge on any atom is -0.392 e. The van der Waals surface area contributed by atoms with E-state index in [1.54, 1.807) is 0 Å². The maximum absolute atomic E-state index is 12.0. The number of carbonyl (C=O) groups excluding carboxylic acids is 1. The number of hydrogen-bond acceptors (Lipinski definition) is 2. The Morgan fingerprint density at radius 3 is 2.09 bits per heavy atom. The summed E-state index contributed by atoms with van der Waals surface area (Å²) in [5, 5.41) is 10.6. The van der Waals surface area contributed by atoms with Gasteiger partial charge >= 0.3 is 0 Å². The minimum atomic E-state index is -0.524. The molecule has 0 radical (unpaired) electrons. The molecule has 0 amide bonds. The standard InChI is InChI=1S/C21H38O2/c1-7-17(8-2)13-12-14-18(9-3)15-16(6)21(23)19(10-4)20(22)11-5/h7,14,16,19,21,23H,8-13,15H2,1-6H3/b17-7+,18-14+/t16-,19-,21-/m0/s1. The second-order valence-corrected chi connectivity index (χ2v) is 6.56. The van der Waals surface area contributed by atoms with Crippen molar-refractivity contribution in [1.82, 2.24) is 0 Å². The van der Waals surface area contributed by atoms with Crippen LogP contribution >= 0.6 is 0 Å². The van der Waals surface area contributed by atoms with Crippen molar-refractivity contribution in [2.24, 2.45) is 11.8 Å². The van der Waals surface area contributed by atoms with E-state index in [1.165, 1.54) is 11.1 Å². The van der Waals surface area contributed by atoms with Crippen LogP contribution in [0.15, 0.2) is 23.3 Å². The Morgan fingerprint density at radius 2 is 1.65 bits per heavy atom. The topological polar surface area (TPSA) is 37.3 Å². The summed E-state index contributed by atoms with van der Waals surface area (Å²) >= 11 is 0. The molecule has 134 valence electrons. The first-order chi connectivity index (χ1) is 10.9. The van der Waals surface area contributed by atoms with Crippen molar-refractivity contribution < 1.29 is 9.90 Å². The summed E-state index contributed by atoms with van der Waals surface area (Å²) in [5.41, 5.74) is 2.91. The van der Waals surface area contributed by atoms with Gasteiger partial charge in [-0.15, -0.1) is 0 Å². The lowest BCUT2D eigenvalue weighted by molar-refractivity contribution is -0.127. The normalized spacial score (nSPS) is 17.0. The van der Waals surface area contributed by atoms with Crippen LogP contribution in [0.1, 0.15) is 86.5 Å². The monoisotopic (exact) mass is 322 g/mol. The molecule has 0 aliphatic rings. The van der Waals surface area contributed by atoms with E-state index >= 15 is 0 Å². The first-order valence-corrected chi connectivity index (χ1v) is 9.47. The first kappa shape index (κ1) is 22.1. The van der Waals surface area contributed by atoms with Crippen molar-refractivity contribution in [2.45, 2.75) is 92.6 Å². The van der Waals surface area contributed by atoms with Gasteiger partial charge in [0, 0.05) is 12.3 Å². The highest BCUT2D eigenvalue weighted by Crippen LogP contribution is 2.26. The third kappa shape index (κ3) is 7.97. The SMILES string of the molecule is C/C=C(\CC)CC/C=C(\CC)C[C@H](C)[C@H](O)[C@@H](CC)C(=O)CC. The maximum Gasteiger partial charge on any atom is 0.138 e. The van der Waals surface area contributed by atoms with Crippen LogP contribution in [0.25, 0.3) is 0 Å². The van der Waals surface area contributed by atoms with E-state index < -0.39 is 6.10 Å². The molecule has 0 aliphatic heterocycles. The molecule has 2 nitrogen and oxygen atoms in total. The maximum atomic E-state index is 12.0. The molecule has 0 bridgehead atoms. The molecule has 0 saturated heterocycles. The van der Waals surface area contributed by atoms with E-state index in [-0.39, 0.29) is 17.6 Å². The molecule has 0 aromatic heterocycles. The van der Waals surface area contributed by atoms with Crippen molar-refractivity contribution in [3.05, 3.63) is 23.3 Å². The van der Waals surface area contributed by atoms with E-state index in [0.29, 0.717) is 6.42 Å². The number of hydrogen-bond donors (Lipinski definition) is 1. The van der Waals surface area contributed by atoms with Crippen molar-refractivity contribution in [1.29, 1.82) is 0 Å². The Kier molecular flexibility index (Phi) is 12.0. The zero-order valence-electron chi connectivity index (χ0n) is 16.2. The van der Waals surface area contributed by atoms with Crippen LogP contribution in [0.5, 0.6) is 0 Å². The highest BCUT2D eigenvalue weighted by molar-refractivity contribution is 5.81. The zero-order chi connectivity index (χ0) is 17.8. The molecule has 0 heterocycles. The smallest absolute Gasteiger partial charge is 0.138 e. The average Bonchev–Trinajstić information content (AvgIpc) is 2.57. The lowest BCUT2D eigenvalue weighted by Crippen LogP contribution is -2.33. The molecule has 0 fully saturated rings. The molecule has 0 spiro atoms. The highest BCUT2D eigenvalue weighted by Gasteiger charge is 2.28. The third-order valence-electron chi connectivity index (χ3n) is 5.00. The van der Waals surface area contributed by atoms with Crippen LogP contribution in [-0.4, -0.2) is 17.0 Å². The molecule has 0 aliphatic carbocycles. The Labute approximate surface area is 144 Å². The third-order valence-corrected chi connectivity index (χ3v) is 5.00. The number of rotatable bonds is 12. The molecule has 0 unspecified atom stereocenters. The van der Waals surface area contributed by atoms with Crippen LogP contribution in [0.4, 0.5) is 0 Å². The average molecular weight is 323 g/mol. The summed E-state index contributed by atoms with van der Waals surface area (Å²) in [6, 6.07) is 0. The summed E-state index contributed by atoms with van der Waals surface area (Å²) in [5.74, 6) is 0.117. The summed E-state index contributed by atoms with van der Waals surface area (Å²) in [6.07, 6.45) is 10.5. The summed E-state index contributed by atoms with van der Waals surface area (Å²) in [6.45, 7) is 12.4. The Morgan fingerprint density at radius 1 is 1.04 bits per heavy atom. The Bertz CT molecular complexity index is 393. The number of aliphatic hydroxyl groups excluding tert-OH is 1. The van der Waals surface area contributed by atoms with Crippen LogP contribution in [-0.2, 0) is 4.79 Å². The molecule has 0 aromatic carbocycles. The number of carbonyl (C=O) groups is 1. The predicted molar refractivity (Wildman–Crippen MR) is 101 cm³/mol. The van der Waals surface area contributed by atoms with E-state index in [4.69, 9.17) is 0 Å². The van der Waals surface area contributed by atoms with Gasteiger partial charge in [0.1, 0.15) is 5.78 Å². The van der Waals surface area contributed by atoms with E-state index in [2.05, 4.69) is 39.8 Å². The van der Waals surface area contributed by atoms with E-state index in [1.807, 2.05) is 13.8 Å². The lowest BCUT2D eigenvalue weighted by Gasteiger charge is -2.26. The molecular weight excluding hydrogens is 284 g/mol. The largest absolute Gasteiger partial charge is 0.392 e. The zero-order valence-corrected chi connectivity index (χ0v) is 16.2. The molecule has 23 heavy (non-hydrogen) atoms. The van der Waals surface area contributed by atoms with Gasteiger partial charge in [0.2, 0.25) is 0 Å². The second-order valence-electron chi connectivity index (χ2n) is 6.56. The van der Waals surface area contributed by atoms with Gasteiger partial charge in [0.05, 0.1) is 6.10 Å². The van der Waals surface area contributed by atoms with Crippen molar-refractivity contribution >= 4 is 5.78 Å². The highest BCUT2D eigenvalue weighted by atomic mass is 16.3. The van der Waals surface area contributed by atoms with Crippen LogP contribution in [0.3, 0.4) is 0 Å². The van der Waals surface area contributed by atoms with Crippen LogP contribution < -0.4 is 0 Å². The molecule has 1 N–H and O–H groups in total. The first-order valence-electron chi connectivity index (χ1n) is 9.47. The van der Waals surface area contributed by atoms with Gasteiger partial charge in [0.15, 0.2) is 0 Å². The van der Waals surface area contributed by atoms with Gasteiger partial charge in [-0.3, -0.25) is 4.79 Å². The predicted octanol–water partition coefficient (Wildman–Crippen LogP) is 5.85.